The molecule has 4 nitrogen and oxygen atoms in total. The number of ether oxygens (including phenoxy) is 1. The van der Waals surface area contributed by atoms with Crippen molar-refractivity contribution in [2.45, 2.75) is 0 Å². The van der Waals surface area contributed by atoms with E-state index in [1.165, 1.54) is 0 Å². The van der Waals surface area contributed by atoms with E-state index in [9.17, 15) is 0 Å². The van der Waals surface area contributed by atoms with E-state index in [1.54, 1.807) is 13.4 Å². The SMILES string of the molecule is COc1ccc(Nc2nc3ccccc3c3occc23)cc1. The Labute approximate surface area is 127 Å². The van der Waals surface area contributed by atoms with Gasteiger partial charge in [0.15, 0.2) is 0 Å². The van der Waals surface area contributed by atoms with Crippen molar-refractivity contribution in [2.75, 3.05) is 12.4 Å². The van der Waals surface area contributed by atoms with Crippen molar-refractivity contribution >= 4 is 33.4 Å². The number of methoxy groups -OCH3 is 1. The zero-order chi connectivity index (χ0) is 14.9. The molecule has 2 heterocycles. The molecular formula is C18H14N2O2. The van der Waals surface area contributed by atoms with Gasteiger partial charge >= 0.3 is 0 Å². The van der Waals surface area contributed by atoms with Gasteiger partial charge in [0.05, 0.1) is 24.3 Å². The first kappa shape index (κ1) is 12.7. The second-order valence-electron chi connectivity index (χ2n) is 4.99. The van der Waals surface area contributed by atoms with Crippen LogP contribution in [0.3, 0.4) is 0 Å². The third kappa shape index (κ3) is 2.05. The van der Waals surface area contributed by atoms with Gasteiger partial charge in [0.1, 0.15) is 17.2 Å². The smallest absolute Gasteiger partial charge is 0.146 e. The average Bonchev–Trinajstić information content (AvgIpc) is 3.06. The molecule has 0 atom stereocenters. The number of aromatic nitrogens is 1. The molecule has 2 aromatic heterocycles. The van der Waals surface area contributed by atoms with E-state index in [0.29, 0.717) is 0 Å². The van der Waals surface area contributed by atoms with Crippen LogP contribution >= 0.6 is 0 Å². The van der Waals surface area contributed by atoms with Crippen molar-refractivity contribution in [1.82, 2.24) is 4.98 Å². The molecule has 4 heteroatoms. The Morgan fingerprint density at radius 3 is 2.59 bits per heavy atom. The van der Waals surface area contributed by atoms with Gasteiger partial charge in [0.2, 0.25) is 0 Å². The minimum absolute atomic E-state index is 0.785. The van der Waals surface area contributed by atoms with Crippen LogP contribution in [0.2, 0.25) is 0 Å². The Morgan fingerprint density at radius 2 is 1.77 bits per heavy atom. The van der Waals surface area contributed by atoms with Crippen molar-refractivity contribution in [3.63, 3.8) is 0 Å². The Bertz CT molecular complexity index is 942. The second kappa shape index (κ2) is 5.07. The monoisotopic (exact) mass is 290 g/mol. The number of benzene rings is 2. The summed E-state index contributed by atoms with van der Waals surface area (Å²) in [6, 6.07) is 17.6. The van der Waals surface area contributed by atoms with E-state index in [-0.39, 0.29) is 0 Å². The van der Waals surface area contributed by atoms with Crippen molar-refractivity contribution in [3.05, 3.63) is 60.9 Å². The molecular weight excluding hydrogens is 276 g/mol. The number of hydrogen-bond acceptors (Lipinski definition) is 4. The molecule has 0 saturated carbocycles. The van der Waals surface area contributed by atoms with Crippen LogP contribution in [0.5, 0.6) is 5.75 Å². The van der Waals surface area contributed by atoms with Gasteiger partial charge in [-0.25, -0.2) is 4.98 Å². The van der Waals surface area contributed by atoms with Crippen LogP contribution < -0.4 is 10.1 Å². The molecule has 0 aliphatic heterocycles. The normalized spacial score (nSPS) is 11.0. The number of pyridine rings is 1. The Kier molecular flexibility index (Phi) is 2.93. The molecule has 0 spiro atoms. The molecule has 0 aliphatic rings. The Morgan fingerprint density at radius 1 is 0.955 bits per heavy atom. The lowest BCUT2D eigenvalue weighted by atomic mass is 10.1. The number of anilines is 2. The third-order valence-electron chi connectivity index (χ3n) is 3.65. The van der Waals surface area contributed by atoms with E-state index in [1.807, 2.05) is 54.6 Å². The predicted molar refractivity (Wildman–Crippen MR) is 87.8 cm³/mol. The topological polar surface area (TPSA) is 47.3 Å². The standard InChI is InChI=1S/C18H14N2O2/c1-21-13-8-6-12(7-9-13)19-18-15-10-11-22-17(15)14-4-2-3-5-16(14)20-18/h2-11H,1H3,(H,19,20). The van der Waals surface area contributed by atoms with Crippen LogP contribution in [-0.2, 0) is 0 Å². The number of fused-ring (bicyclic) bond motifs is 3. The largest absolute Gasteiger partial charge is 0.497 e. The Hall–Kier alpha value is -3.01. The summed E-state index contributed by atoms with van der Waals surface area (Å²) in [6.45, 7) is 0. The van der Waals surface area contributed by atoms with Gasteiger partial charge in [0.25, 0.3) is 0 Å². The second-order valence-corrected chi connectivity index (χ2v) is 4.99. The van der Waals surface area contributed by atoms with Gasteiger partial charge in [-0.2, -0.15) is 0 Å². The molecule has 0 aliphatic carbocycles. The van der Waals surface area contributed by atoms with E-state index in [0.717, 1.165) is 39.1 Å². The highest BCUT2D eigenvalue weighted by atomic mass is 16.5. The molecule has 108 valence electrons. The first-order valence-corrected chi connectivity index (χ1v) is 7.02. The van der Waals surface area contributed by atoms with Crippen LogP contribution in [0, 0.1) is 0 Å². The number of rotatable bonds is 3. The lowest BCUT2D eigenvalue weighted by Gasteiger charge is -2.09. The van der Waals surface area contributed by atoms with Gasteiger partial charge in [-0.3, -0.25) is 0 Å². The molecule has 4 aromatic rings. The summed E-state index contributed by atoms with van der Waals surface area (Å²) in [4.78, 5) is 4.71. The summed E-state index contributed by atoms with van der Waals surface area (Å²) in [7, 11) is 1.66. The fraction of sp³-hybridized carbons (Fsp3) is 0.0556. The first-order valence-electron chi connectivity index (χ1n) is 7.02. The number of hydrogen-bond donors (Lipinski definition) is 1. The highest BCUT2D eigenvalue weighted by Gasteiger charge is 2.10. The lowest BCUT2D eigenvalue weighted by Crippen LogP contribution is -1.95. The van der Waals surface area contributed by atoms with E-state index < -0.39 is 0 Å². The fourth-order valence-corrected chi connectivity index (χ4v) is 2.55. The number of nitrogens with one attached hydrogen (secondary N) is 1. The average molecular weight is 290 g/mol. The van der Waals surface area contributed by atoms with Crippen LogP contribution in [0.4, 0.5) is 11.5 Å². The summed E-state index contributed by atoms with van der Waals surface area (Å²) in [5.41, 5.74) is 2.70. The number of nitrogens with zero attached hydrogens (tertiary/aromatic N) is 1. The number of furan rings is 1. The van der Waals surface area contributed by atoms with Crippen molar-refractivity contribution in [2.24, 2.45) is 0 Å². The zero-order valence-electron chi connectivity index (χ0n) is 12.0. The molecule has 0 fully saturated rings. The summed E-state index contributed by atoms with van der Waals surface area (Å²) < 4.78 is 10.8. The molecule has 4 rings (SSSR count). The van der Waals surface area contributed by atoms with Crippen molar-refractivity contribution in [3.8, 4) is 5.75 Å². The molecule has 0 saturated heterocycles. The van der Waals surface area contributed by atoms with E-state index in [4.69, 9.17) is 14.1 Å². The molecule has 1 N–H and O–H groups in total. The minimum atomic E-state index is 0.785. The Balaban J connectivity index is 1.83. The van der Waals surface area contributed by atoms with Gasteiger partial charge < -0.3 is 14.5 Å². The maximum absolute atomic E-state index is 5.65. The maximum atomic E-state index is 5.65. The molecule has 0 unspecified atom stereocenters. The summed E-state index contributed by atoms with van der Waals surface area (Å²) in [5, 5.41) is 5.33. The summed E-state index contributed by atoms with van der Waals surface area (Å²) in [5.74, 6) is 1.61. The van der Waals surface area contributed by atoms with Crippen molar-refractivity contribution in [1.29, 1.82) is 0 Å². The van der Waals surface area contributed by atoms with Crippen LogP contribution in [0.15, 0.2) is 65.3 Å². The fourth-order valence-electron chi connectivity index (χ4n) is 2.55. The zero-order valence-corrected chi connectivity index (χ0v) is 12.0. The maximum Gasteiger partial charge on any atom is 0.146 e. The highest BCUT2D eigenvalue weighted by Crippen LogP contribution is 2.31. The molecule has 0 amide bonds. The minimum Gasteiger partial charge on any atom is -0.497 e. The number of para-hydroxylation sites is 1. The first-order chi connectivity index (χ1) is 10.8. The van der Waals surface area contributed by atoms with Crippen LogP contribution in [-0.4, -0.2) is 12.1 Å². The molecule has 0 bridgehead atoms. The molecule has 2 aromatic carbocycles. The third-order valence-corrected chi connectivity index (χ3v) is 3.65. The van der Waals surface area contributed by atoms with Gasteiger partial charge in [-0.1, -0.05) is 12.1 Å². The van der Waals surface area contributed by atoms with E-state index >= 15 is 0 Å². The molecule has 22 heavy (non-hydrogen) atoms. The van der Waals surface area contributed by atoms with Gasteiger partial charge in [0, 0.05) is 11.1 Å². The van der Waals surface area contributed by atoms with Gasteiger partial charge in [-0.15, -0.1) is 0 Å². The predicted octanol–water partition coefficient (Wildman–Crippen LogP) is 4.73. The quantitative estimate of drug-likeness (QED) is 0.592. The van der Waals surface area contributed by atoms with Crippen LogP contribution in [0.1, 0.15) is 0 Å². The van der Waals surface area contributed by atoms with E-state index in [2.05, 4.69) is 5.32 Å². The van der Waals surface area contributed by atoms with Crippen molar-refractivity contribution < 1.29 is 9.15 Å². The summed E-state index contributed by atoms with van der Waals surface area (Å²) in [6.07, 6.45) is 1.69. The lowest BCUT2D eigenvalue weighted by molar-refractivity contribution is 0.415. The highest BCUT2D eigenvalue weighted by molar-refractivity contribution is 6.07. The summed E-state index contributed by atoms with van der Waals surface area (Å²) >= 11 is 0. The molecule has 0 radical (unpaired) electrons. The van der Waals surface area contributed by atoms with Gasteiger partial charge in [-0.05, 0) is 42.5 Å². The van der Waals surface area contributed by atoms with Crippen LogP contribution in [0.25, 0.3) is 21.9 Å².